The van der Waals surface area contributed by atoms with Crippen molar-refractivity contribution in [2.75, 3.05) is 28.4 Å². The van der Waals surface area contributed by atoms with E-state index in [1.54, 1.807) is 28.3 Å². The highest BCUT2D eigenvalue weighted by atomic mass is 16.7. The molecule has 1 amide bonds. The number of carbonyl (C=O) groups excluding carboxylic acids is 1. The van der Waals surface area contributed by atoms with E-state index >= 15 is 0 Å². The molecular formula is C15H23NO5. The maximum atomic E-state index is 11.9. The van der Waals surface area contributed by atoms with E-state index in [0.717, 1.165) is 11.1 Å². The predicted octanol–water partition coefficient (Wildman–Crippen LogP) is 1.58. The molecule has 0 aliphatic rings. The lowest BCUT2D eigenvalue weighted by molar-refractivity contribution is -0.100. The molecule has 0 unspecified atom stereocenters. The Morgan fingerprint density at radius 1 is 1.00 bits per heavy atom. The second kappa shape index (κ2) is 7.28. The van der Waals surface area contributed by atoms with E-state index in [1.807, 2.05) is 6.92 Å². The van der Waals surface area contributed by atoms with Crippen LogP contribution in [0.3, 0.4) is 0 Å². The van der Waals surface area contributed by atoms with Crippen molar-refractivity contribution in [2.24, 2.45) is 5.73 Å². The van der Waals surface area contributed by atoms with Gasteiger partial charge in [-0.05, 0) is 25.0 Å². The number of methoxy groups -OCH3 is 4. The molecule has 0 saturated heterocycles. The van der Waals surface area contributed by atoms with Crippen LogP contribution in [0.5, 0.6) is 11.5 Å². The Kier molecular flexibility index (Phi) is 5.99. The van der Waals surface area contributed by atoms with Crippen LogP contribution in [0.1, 0.15) is 27.0 Å². The first-order valence-electron chi connectivity index (χ1n) is 6.52. The number of primary amides is 1. The van der Waals surface area contributed by atoms with Crippen molar-refractivity contribution in [3.05, 3.63) is 22.3 Å². The van der Waals surface area contributed by atoms with E-state index in [-0.39, 0.29) is 0 Å². The molecule has 6 nitrogen and oxygen atoms in total. The van der Waals surface area contributed by atoms with Gasteiger partial charge in [0, 0.05) is 31.8 Å². The van der Waals surface area contributed by atoms with Crippen LogP contribution >= 0.6 is 0 Å². The zero-order chi connectivity index (χ0) is 16.2. The van der Waals surface area contributed by atoms with E-state index < -0.39 is 12.2 Å². The van der Waals surface area contributed by atoms with Gasteiger partial charge in [0.1, 0.15) is 0 Å². The molecule has 2 N–H and O–H groups in total. The third kappa shape index (κ3) is 3.28. The van der Waals surface area contributed by atoms with E-state index in [4.69, 9.17) is 24.7 Å². The maximum absolute atomic E-state index is 11.9. The van der Waals surface area contributed by atoms with Crippen molar-refractivity contribution < 1.29 is 23.7 Å². The summed E-state index contributed by atoms with van der Waals surface area (Å²) in [5, 5.41) is 0. The minimum absolute atomic E-state index is 0.387. The van der Waals surface area contributed by atoms with Crippen molar-refractivity contribution in [1.29, 1.82) is 0 Å². The van der Waals surface area contributed by atoms with E-state index in [0.29, 0.717) is 29.0 Å². The highest BCUT2D eigenvalue weighted by Crippen LogP contribution is 2.39. The first kappa shape index (κ1) is 17.3. The molecule has 0 fully saturated rings. The standard InChI is InChI=1S/C15H23NO5/c1-8-10(7-11(18-3)19-4)12(15(16)17)9(2)14(21-6)13(8)20-5/h11H,7H2,1-6H3,(H2,16,17). The first-order valence-corrected chi connectivity index (χ1v) is 6.52. The molecule has 0 bridgehead atoms. The number of benzene rings is 1. The van der Waals surface area contributed by atoms with Gasteiger partial charge in [-0.25, -0.2) is 0 Å². The lowest BCUT2D eigenvalue weighted by atomic mass is 9.92. The van der Waals surface area contributed by atoms with Crippen molar-refractivity contribution in [1.82, 2.24) is 0 Å². The van der Waals surface area contributed by atoms with Crippen LogP contribution in [0.2, 0.25) is 0 Å². The Balaban J connectivity index is 3.59. The molecule has 0 aromatic heterocycles. The van der Waals surface area contributed by atoms with Gasteiger partial charge in [0.15, 0.2) is 17.8 Å². The Labute approximate surface area is 125 Å². The smallest absolute Gasteiger partial charge is 0.249 e. The van der Waals surface area contributed by atoms with Crippen LogP contribution in [-0.4, -0.2) is 40.6 Å². The van der Waals surface area contributed by atoms with Crippen LogP contribution in [0, 0.1) is 13.8 Å². The predicted molar refractivity (Wildman–Crippen MR) is 79.0 cm³/mol. The summed E-state index contributed by atoms with van der Waals surface area (Å²) < 4.78 is 21.2. The highest BCUT2D eigenvalue weighted by molar-refractivity contribution is 5.97. The van der Waals surface area contributed by atoms with Gasteiger partial charge >= 0.3 is 0 Å². The quantitative estimate of drug-likeness (QED) is 0.773. The average Bonchev–Trinajstić information content (AvgIpc) is 2.46. The van der Waals surface area contributed by atoms with Gasteiger partial charge in [-0.15, -0.1) is 0 Å². The Bertz CT molecular complexity index is 524. The summed E-state index contributed by atoms with van der Waals surface area (Å²) in [5.41, 5.74) is 8.14. The number of carbonyl (C=O) groups is 1. The minimum atomic E-state index is -0.516. The van der Waals surface area contributed by atoms with Crippen LogP contribution in [0.4, 0.5) is 0 Å². The molecule has 6 heteroatoms. The van der Waals surface area contributed by atoms with Gasteiger partial charge in [-0.1, -0.05) is 0 Å². The topological polar surface area (TPSA) is 80.0 Å². The fourth-order valence-corrected chi connectivity index (χ4v) is 2.51. The summed E-state index contributed by atoms with van der Waals surface area (Å²) in [6.07, 6.45) is -0.0857. The fourth-order valence-electron chi connectivity index (χ4n) is 2.51. The summed E-state index contributed by atoms with van der Waals surface area (Å²) in [4.78, 5) is 11.9. The normalized spacial score (nSPS) is 10.8. The number of nitrogens with two attached hydrogens (primary N) is 1. The van der Waals surface area contributed by atoms with Crippen molar-refractivity contribution in [3.63, 3.8) is 0 Å². The summed E-state index contributed by atoms with van der Waals surface area (Å²) in [5.74, 6) is 0.581. The molecule has 21 heavy (non-hydrogen) atoms. The third-order valence-corrected chi connectivity index (χ3v) is 3.57. The molecule has 1 aromatic rings. The number of amides is 1. The SMILES string of the molecule is COc1c(C)c(CC(OC)OC)c(C(N)=O)c(C)c1OC. The lowest BCUT2D eigenvalue weighted by Gasteiger charge is -2.22. The van der Waals surface area contributed by atoms with Gasteiger partial charge in [-0.2, -0.15) is 0 Å². The molecule has 1 aromatic carbocycles. The first-order chi connectivity index (χ1) is 9.92. The van der Waals surface area contributed by atoms with E-state index in [9.17, 15) is 4.79 Å². The molecule has 0 radical (unpaired) electrons. The second-order valence-corrected chi connectivity index (χ2v) is 4.64. The molecule has 0 aliphatic carbocycles. The van der Waals surface area contributed by atoms with Crippen molar-refractivity contribution in [3.8, 4) is 11.5 Å². The minimum Gasteiger partial charge on any atom is -0.493 e. The fraction of sp³-hybridized carbons (Fsp3) is 0.533. The van der Waals surface area contributed by atoms with Crippen LogP contribution in [-0.2, 0) is 15.9 Å². The second-order valence-electron chi connectivity index (χ2n) is 4.64. The van der Waals surface area contributed by atoms with Gasteiger partial charge in [-0.3, -0.25) is 4.79 Å². The zero-order valence-corrected chi connectivity index (χ0v) is 13.4. The Hall–Kier alpha value is -1.79. The number of rotatable bonds is 7. The molecule has 0 atom stereocenters. The maximum Gasteiger partial charge on any atom is 0.249 e. The molecule has 0 heterocycles. The van der Waals surface area contributed by atoms with Gasteiger partial charge < -0.3 is 24.7 Å². The molecule has 0 saturated carbocycles. The zero-order valence-electron chi connectivity index (χ0n) is 13.4. The van der Waals surface area contributed by atoms with Gasteiger partial charge in [0.2, 0.25) is 5.91 Å². The van der Waals surface area contributed by atoms with Crippen LogP contribution in [0.15, 0.2) is 0 Å². The number of hydrogen-bond donors (Lipinski definition) is 1. The molecule has 118 valence electrons. The van der Waals surface area contributed by atoms with Gasteiger partial charge in [0.25, 0.3) is 0 Å². The Morgan fingerprint density at radius 2 is 1.48 bits per heavy atom. The van der Waals surface area contributed by atoms with E-state index in [1.165, 1.54) is 7.11 Å². The lowest BCUT2D eigenvalue weighted by Crippen LogP contribution is -2.23. The summed E-state index contributed by atoms with van der Waals surface area (Å²) >= 11 is 0. The Morgan fingerprint density at radius 3 is 1.86 bits per heavy atom. The average molecular weight is 297 g/mol. The molecule has 1 rings (SSSR count). The van der Waals surface area contributed by atoms with Gasteiger partial charge in [0.05, 0.1) is 14.2 Å². The summed E-state index contributed by atoms with van der Waals surface area (Å²) in [6.45, 7) is 3.63. The van der Waals surface area contributed by atoms with Crippen LogP contribution < -0.4 is 15.2 Å². The number of ether oxygens (including phenoxy) is 4. The summed E-state index contributed by atoms with van der Waals surface area (Å²) in [7, 11) is 6.17. The highest BCUT2D eigenvalue weighted by Gasteiger charge is 2.25. The van der Waals surface area contributed by atoms with Crippen molar-refractivity contribution in [2.45, 2.75) is 26.6 Å². The largest absolute Gasteiger partial charge is 0.493 e. The monoisotopic (exact) mass is 297 g/mol. The van der Waals surface area contributed by atoms with Crippen LogP contribution in [0.25, 0.3) is 0 Å². The van der Waals surface area contributed by atoms with Crippen molar-refractivity contribution >= 4 is 5.91 Å². The number of hydrogen-bond acceptors (Lipinski definition) is 5. The molecule has 0 spiro atoms. The molecular weight excluding hydrogens is 274 g/mol. The summed E-state index contributed by atoms with van der Waals surface area (Å²) in [6, 6.07) is 0. The van der Waals surface area contributed by atoms with E-state index in [2.05, 4.69) is 0 Å². The molecule has 0 aliphatic heterocycles. The third-order valence-electron chi connectivity index (χ3n) is 3.57.